The number of rotatable bonds is 2. The maximum Gasteiger partial charge on any atom is 0.106 e. The molecule has 0 atom stereocenters. The van der Waals surface area contributed by atoms with Crippen molar-refractivity contribution in [1.82, 2.24) is 0 Å². The summed E-state index contributed by atoms with van der Waals surface area (Å²) in [5, 5.41) is 4.03. The summed E-state index contributed by atoms with van der Waals surface area (Å²) in [5.41, 5.74) is 2.68. The van der Waals surface area contributed by atoms with Gasteiger partial charge >= 0.3 is 0 Å². The molecule has 2 rings (SSSR count). The van der Waals surface area contributed by atoms with E-state index in [1.54, 1.807) is 7.11 Å². The highest BCUT2D eigenvalue weighted by molar-refractivity contribution is 5.84. The molecule has 2 nitrogen and oxygen atoms in total. The van der Waals surface area contributed by atoms with E-state index in [1.165, 1.54) is 24.1 Å². The van der Waals surface area contributed by atoms with Crippen molar-refractivity contribution in [1.29, 1.82) is 0 Å². The molecule has 1 fully saturated rings. The van der Waals surface area contributed by atoms with Crippen molar-refractivity contribution in [3.63, 3.8) is 0 Å². The lowest BCUT2D eigenvalue weighted by molar-refractivity contribution is 0.210. The van der Waals surface area contributed by atoms with E-state index in [1.807, 2.05) is 0 Å². The summed E-state index contributed by atoms with van der Waals surface area (Å²) in [6.45, 7) is 0. The minimum atomic E-state index is 0.710. The second-order valence-corrected chi connectivity index (χ2v) is 4.03. The number of nitrogens with zero attached hydrogens (tertiary/aromatic N) is 1. The third-order valence-electron chi connectivity index (χ3n) is 3.05. The highest BCUT2D eigenvalue weighted by Gasteiger charge is 2.19. The fourth-order valence-corrected chi connectivity index (χ4v) is 2.23. The van der Waals surface area contributed by atoms with Crippen LogP contribution >= 0.6 is 0 Å². The molecule has 0 heterocycles. The second-order valence-electron chi connectivity index (χ2n) is 4.03. The van der Waals surface area contributed by atoms with Crippen LogP contribution < -0.4 is 0 Å². The zero-order valence-corrected chi connectivity index (χ0v) is 9.15. The molecule has 2 heteroatoms. The molecular formula is C13H17NO. The molecule has 0 N–H and O–H groups in total. The lowest BCUT2D eigenvalue weighted by Gasteiger charge is -2.22. The Balaban J connectivity index is 1.97. The second kappa shape index (κ2) is 4.96. The zero-order valence-electron chi connectivity index (χ0n) is 9.15. The van der Waals surface area contributed by atoms with Crippen LogP contribution in [0.4, 0.5) is 0 Å². The summed E-state index contributed by atoms with van der Waals surface area (Å²) < 4.78 is 0. The molecule has 0 aliphatic heterocycles. The molecule has 1 saturated carbocycles. The van der Waals surface area contributed by atoms with Gasteiger partial charge in [-0.05, 0) is 37.2 Å². The summed E-state index contributed by atoms with van der Waals surface area (Å²) in [6, 6.07) is 10.8. The first-order valence-electron chi connectivity index (χ1n) is 5.54. The molecule has 0 bridgehead atoms. The lowest BCUT2D eigenvalue weighted by Crippen LogP contribution is -2.13. The van der Waals surface area contributed by atoms with Crippen molar-refractivity contribution in [3.8, 4) is 0 Å². The molecule has 0 spiro atoms. The molecule has 1 aliphatic rings. The Morgan fingerprint density at radius 2 is 1.80 bits per heavy atom. The Morgan fingerprint density at radius 1 is 1.13 bits per heavy atom. The van der Waals surface area contributed by atoms with Gasteiger partial charge in [-0.25, -0.2) is 0 Å². The SMILES string of the molecule is CON=C1CCC(c2ccccc2)CC1. The highest BCUT2D eigenvalue weighted by atomic mass is 16.6. The summed E-state index contributed by atoms with van der Waals surface area (Å²) in [5.74, 6) is 0.710. The topological polar surface area (TPSA) is 21.6 Å². The van der Waals surface area contributed by atoms with Crippen molar-refractivity contribution in [3.05, 3.63) is 35.9 Å². The molecule has 80 valence electrons. The molecule has 0 unspecified atom stereocenters. The smallest absolute Gasteiger partial charge is 0.106 e. The summed E-state index contributed by atoms with van der Waals surface area (Å²) in [6.07, 6.45) is 4.55. The van der Waals surface area contributed by atoms with Gasteiger partial charge in [-0.1, -0.05) is 35.5 Å². The van der Waals surface area contributed by atoms with Crippen LogP contribution in [0.2, 0.25) is 0 Å². The number of hydrogen-bond donors (Lipinski definition) is 0. The van der Waals surface area contributed by atoms with Crippen LogP contribution in [0.15, 0.2) is 35.5 Å². The standard InChI is InChI=1S/C13H17NO/c1-15-14-13-9-7-12(8-10-13)11-5-3-2-4-6-11/h2-6,12H,7-10H2,1H3. The third-order valence-corrected chi connectivity index (χ3v) is 3.05. The number of oxime groups is 1. The predicted molar refractivity (Wildman–Crippen MR) is 62.1 cm³/mol. The van der Waals surface area contributed by atoms with Gasteiger partial charge in [0.25, 0.3) is 0 Å². The molecule has 0 amide bonds. The zero-order chi connectivity index (χ0) is 10.5. The van der Waals surface area contributed by atoms with E-state index in [2.05, 4.69) is 35.5 Å². The quantitative estimate of drug-likeness (QED) is 0.675. The van der Waals surface area contributed by atoms with Crippen LogP contribution in [0.1, 0.15) is 37.2 Å². The van der Waals surface area contributed by atoms with Crippen molar-refractivity contribution in [2.24, 2.45) is 5.16 Å². The van der Waals surface area contributed by atoms with Crippen LogP contribution in [0, 0.1) is 0 Å². The van der Waals surface area contributed by atoms with Crippen molar-refractivity contribution in [2.75, 3.05) is 7.11 Å². The first-order chi connectivity index (χ1) is 7.40. The van der Waals surface area contributed by atoms with Gasteiger partial charge in [-0.15, -0.1) is 0 Å². The van der Waals surface area contributed by atoms with Crippen LogP contribution in [0.3, 0.4) is 0 Å². The Labute approximate surface area is 90.9 Å². The first kappa shape index (κ1) is 10.2. The summed E-state index contributed by atoms with van der Waals surface area (Å²) in [4.78, 5) is 4.81. The van der Waals surface area contributed by atoms with E-state index in [0.717, 1.165) is 12.8 Å². The third kappa shape index (κ3) is 2.58. The molecule has 1 aromatic rings. The van der Waals surface area contributed by atoms with E-state index in [-0.39, 0.29) is 0 Å². The fraction of sp³-hybridized carbons (Fsp3) is 0.462. The van der Waals surface area contributed by atoms with Crippen molar-refractivity contribution < 1.29 is 4.84 Å². The van der Waals surface area contributed by atoms with Crippen LogP contribution in [0.5, 0.6) is 0 Å². The Bertz CT molecular complexity index is 322. The molecule has 0 saturated heterocycles. The Morgan fingerprint density at radius 3 is 2.40 bits per heavy atom. The van der Waals surface area contributed by atoms with Crippen LogP contribution in [-0.4, -0.2) is 12.8 Å². The van der Waals surface area contributed by atoms with Gasteiger partial charge in [0.15, 0.2) is 0 Å². The monoisotopic (exact) mass is 203 g/mol. The first-order valence-corrected chi connectivity index (χ1v) is 5.54. The van der Waals surface area contributed by atoms with Gasteiger partial charge in [0.2, 0.25) is 0 Å². The maximum absolute atomic E-state index is 4.81. The predicted octanol–water partition coefficient (Wildman–Crippen LogP) is 3.35. The van der Waals surface area contributed by atoms with Crippen LogP contribution in [-0.2, 0) is 4.84 Å². The number of benzene rings is 1. The fourth-order valence-electron chi connectivity index (χ4n) is 2.23. The van der Waals surface area contributed by atoms with E-state index >= 15 is 0 Å². The van der Waals surface area contributed by atoms with Crippen molar-refractivity contribution >= 4 is 5.71 Å². The number of hydrogen-bond acceptors (Lipinski definition) is 2. The molecule has 1 aromatic carbocycles. The molecule has 15 heavy (non-hydrogen) atoms. The Kier molecular flexibility index (Phi) is 3.38. The molecule has 0 aromatic heterocycles. The molecule has 1 aliphatic carbocycles. The Hall–Kier alpha value is -1.31. The average molecular weight is 203 g/mol. The van der Waals surface area contributed by atoms with Gasteiger partial charge in [0, 0.05) is 0 Å². The average Bonchev–Trinajstić information content (AvgIpc) is 2.32. The van der Waals surface area contributed by atoms with E-state index < -0.39 is 0 Å². The minimum absolute atomic E-state index is 0.710. The van der Waals surface area contributed by atoms with E-state index in [9.17, 15) is 0 Å². The summed E-state index contributed by atoms with van der Waals surface area (Å²) >= 11 is 0. The molecular weight excluding hydrogens is 186 g/mol. The van der Waals surface area contributed by atoms with E-state index in [4.69, 9.17) is 4.84 Å². The van der Waals surface area contributed by atoms with E-state index in [0.29, 0.717) is 5.92 Å². The lowest BCUT2D eigenvalue weighted by atomic mass is 9.83. The molecule has 0 radical (unpaired) electrons. The normalized spacial score (nSPS) is 21.1. The summed E-state index contributed by atoms with van der Waals surface area (Å²) in [7, 11) is 1.62. The van der Waals surface area contributed by atoms with Gasteiger partial charge < -0.3 is 4.84 Å². The van der Waals surface area contributed by atoms with Gasteiger partial charge in [0.05, 0.1) is 5.71 Å². The van der Waals surface area contributed by atoms with Crippen molar-refractivity contribution in [2.45, 2.75) is 31.6 Å². The van der Waals surface area contributed by atoms with Gasteiger partial charge in [0.1, 0.15) is 7.11 Å². The highest BCUT2D eigenvalue weighted by Crippen LogP contribution is 2.31. The van der Waals surface area contributed by atoms with Gasteiger partial charge in [-0.2, -0.15) is 0 Å². The minimum Gasteiger partial charge on any atom is -0.399 e. The maximum atomic E-state index is 4.81. The van der Waals surface area contributed by atoms with Crippen LogP contribution in [0.25, 0.3) is 0 Å². The van der Waals surface area contributed by atoms with Gasteiger partial charge in [-0.3, -0.25) is 0 Å². The largest absolute Gasteiger partial charge is 0.399 e.